The molecule has 0 atom stereocenters. The Morgan fingerprint density at radius 3 is 2.50 bits per heavy atom. The van der Waals surface area contributed by atoms with Gasteiger partial charge in [0.25, 0.3) is 0 Å². The van der Waals surface area contributed by atoms with Crippen LogP contribution in [0.5, 0.6) is 0 Å². The minimum absolute atomic E-state index is 0.155. The Morgan fingerprint density at radius 1 is 1.50 bits per heavy atom. The number of hydrogen-bond donors (Lipinski definition) is 0. The van der Waals surface area contributed by atoms with E-state index < -0.39 is 0 Å². The minimum Gasteiger partial charge on any atom is -0.391 e. The van der Waals surface area contributed by atoms with E-state index >= 15 is 0 Å². The molecule has 0 saturated carbocycles. The van der Waals surface area contributed by atoms with Crippen LogP contribution >= 0.6 is 34.8 Å². The summed E-state index contributed by atoms with van der Waals surface area (Å²) in [6.45, 7) is 1.83. The molecule has 0 amide bonds. The van der Waals surface area contributed by atoms with Crippen LogP contribution in [0.1, 0.15) is 6.92 Å². The van der Waals surface area contributed by atoms with Crippen LogP contribution < -0.4 is 0 Å². The molecule has 0 aliphatic rings. The molecule has 0 aromatic heterocycles. The molecule has 0 unspecified atom stereocenters. The second kappa shape index (κ2) is 5.83. The lowest BCUT2D eigenvalue weighted by Gasteiger charge is -1.91. The first-order valence-corrected chi connectivity index (χ1v) is 3.59. The summed E-state index contributed by atoms with van der Waals surface area (Å²) in [4.78, 5) is 4.62. The molecular formula is C5H6Cl3NO. The fourth-order valence-corrected chi connectivity index (χ4v) is 0.401. The van der Waals surface area contributed by atoms with E-state index in [1.165, 1.54) is 6.08 Å². The van der Waals surface area contributed by atoms with Crippen molar-refractivity contribution < 1.29 is 4.84 Å². The van der Waals surface area contributed by atoms with Gasteiger partial charge < -0.3 is 4.84 Å². The maximum atomic E-state index is 5.33. The van der Waals surface area contributed by atoms with Gasteiger partial charge >= 0.3 is 0 Å². The largest absolute Gasteiger partial charge is 0.391 e. The van der Waals surface area contributed by atoms with E-state index in [1.807, 2.05) is 0 Å². The molecule has 0 aromatic carbocycles. The van der Waals surface area contributed by atoms with Crippen molar-refractivity contribution in [2.75, 3.05) is 6.61 Å². The lowest BCUT2D eigenvalue weighted by molar-refractivity contribution is 0.175. The third kappa shape index (κ3) is 8.08. The Kier molecular flexibility index (Phi) is 5.88. The summed E-state index contributed by atoms with van der Waals surface area (Å²) in [7, 11) is 0. The summed E-state index contributed by atoms with van der Waals surface area (Å²) < 4.78 is 0.155. The minimum atomic E-state index is 0.155. The first-order valence-electron chi connectivity index (χ1n) is 2.46. The first-order chi connectivity index (χ1) is 4.63. The van der Waals surface area contributed by atoms with Crippen molar-refractivity contribution in [3.05, 3.63) is 10.6 Å². The first kappa shape index (κ1) is 10.1. The maximum absolute atomic E-state index is 5.33. The fraction of sp³-hybridized carbons (Fsp3) is 0.400. The topological polar surface area (TPSA) is 21.6 Å². The van der Waals surface area contributed by atoms with Crippen molar-refractivity contribution in [2.45, 2.75) is 6.92 Å². The van der Waals surface area contributed by atoms with Gasteiger partial charge in [0, 0.05) is 0 Å². The summed E-state index contributed by atoms with van der Waals surface area (Å²) in [5.74, 6) is 0. The molecule has 0 aromatic rings. The predicted molar refractivity (Wildman–Crippen MR) is 44.7 cm³/mol. The molecule has 0 rings (SSSR count). The van der Waals surface area contributed by atoms with Crippen LogP contribution in [-0.4, -0.2) is 11.8 Å². The lowest BCUT2D eigenvalue weighted by Crippen LogP contribution is -1.84. The summed E-state index contributed by atoms with van der Waals surface area (Å²) in [6, 6.07) is 0. The van der Waals surface area contributed by atoms with Crippen LogP contribution in [-0.2, 0) is 4.84 Å². The van der Waals surface area contributed by atoms with Gasteiger partial charge in [-0.2, -0.15) is 0 Å². The maximum Gasteiger partial charge on any atom is 0.142 e. The van der Waals surface area contributed by atoms with Gasteiger partial charge in [0.05, 0.1) is 0 Å². The van der Waals surface area contributed by atoms with Crippen LogP contribution in [0.15, 0.2) is 15.7 Å². The highest BCUT2D eigenvalue weighted by atomic mass is 35.5. The van der Waals surface area contributed by atoms with Gasteiger partial charge in [0.15, 0.2) is 0 Å². The monoisotopic (exact) mass is 201 g/mol. The van der Waals surface area contributed by atoms with Gasteiger partial charge in [0.2, 0.25) is 0 Å². The average Bonchev–Trinajstić information content (AvgIpc) is 1.79. The molecule has 0 heterocycles. The van der Waals surface area contributed by atoms with Gasteiger partial charge in [0.1, 0.15) is 16.3 Å². The molecule has 0 saturated heterocycles. The second-order valence-electron chi connectivity index (χ2n) is 1.38. The van der Waals surface area contributed by atoms with Crippen molar-refractivity contribution >= 4 is 40.0 Å². The summed E-state index contributed by atoms with van der Waals surface area (Å²) in [6.07, 6.45) is 1.46. The van der Waals surface area contributed by atoms with E-state index in [0.29, 0.717) is 5.17 Å². The molecule has 0 fully saturated rings. The Hall–Kier alpha value is 0.0800. The fourth-order valence-electron chi connectivity index (χ4n) is 0.226. The number of rotatable bonds is 3. The standard InChI is InChI=1S/C5H6Cl3NO/c1-4(6)9-10-3-2-5(7)8/h2H,3H2,1H3. The van der Waals surface area contributed by atoms with Gasteiger partial charge in [-0.3, -0.25) is 0 Å². The van der Waals surface area contributed by atoms with E-state index in [4.69, 9.17) is 34.8 Å². The molecule has 58 valence electrons. The van der Waals surface area contributed by atoms with Gasteiger partial charge in [-0.1, -0.05) is 40.0 Å². The highest BCUT2D eigenvalue weighted by Crippen LogP contribution is 2.05. The molecule has 0 aliphatic heterocycles. The highest BCUT2D eigenvalue weighted by molar-refractivity contribution is 6.64. The number of halogens is 3. The Balaban J connectivity index is 3.39. The van der Waals surface area contributed by atoms with Crippen molar-refractivity contribution in [1.29, 1.82) is 0 Å². The Labute approximate surface area is 74.4 Å². The Bertz CT molecular complexity index is 129. The Morgan fingerprint density at radius 2 is 2.10 bits per heavy atom. The molecule has 0 aliphatic carbocycles. The smallest absolute Gasteiger partial charge is 0.142 e. The van der Waals surface area contributed by atoms with Crippen molar-refractivity contribution in [2.24, 2.45) is 5.16 Å². The third-order valence-electron chi connectivity index (χ3n) is 0.503. The number of oxime groups is 1. The summed E-state index contributed by atoms with van der Waals surface area (Å²) >= 11 is 15.8. The van der Waals surface area contributed by atoms with Crippen molar-refractivity contribution in [1.82, 2.24) is 0 Å². The summed E-state index contributed by atoms with van der Waals surface area (Å²) in [5.41, 5.74) is 0. The van der Waals surface area contributed by atoms with Gasteiger partial charge in [-0.05, 0) is 13.0 Å². The van der Waals surface area contributed by atoms with Crippen LogP contribution in [0.3, 0.4) is 0 Å². The van der Waals surface area contributed by atoms with Crippen LogP contribution in [0.4, 0.5) is 0 Å². The molecule has 2 nitrogen and oxygen atoms in total. The molecule has 0 spiro atoms. The van der Waals surface area contributed by atoms with Crippen LogP contribution in [0.2, 0.25) is 0 Å². The molecule has 0 N–H and O–H groups in total. The van der Waals surface area contributed by atoms with Crippen LogP contribution in [0, 0.1) is 0 Å². The lowest BCUT2D eigenvalue weighted by atomic mass is 10.7. The second-order valence-corrected chi connectivity index (χ2v) is 2.93. The van der Waals surface area contributed by atoms with E-state index in [2.05, 4.69) is 9.99 Å². The van der Waals surface area contributed by atoms with E-state index in [9.17, 15) is 0 Å². The van der Waals surface area contributed by atoms with Crippen molar-refractivity contribution in [3.8, 4) is 0 Å². The zero-order valence-electron chi connectivity index (χ0n) is 5.27. The molecule has 0 radical (unpaired) electrons. The summed E-state index contributed by atoms with van der Waals surface area (Å²) in [5, 5.41) is 3.75. The van der Waals surface area contributed by atoms with Gasteiger partial charge in [-0.25, -0.2) is 0 Å². The van der Waals surface area contributed by atoms with Crippen LogP contribution in [0.25, 0.3) is 0 Å². The number of hydrogen-bond acceptors (Lipinski definition) is 2. The van der Waals surface area contributed by atoms with Crippen molar-refractivity contribution in [3.63, 3.8) is 0 Å². The molecule has 5 heteroatoms. The zero-order chi connectivity index (χ0) is 7.98. The average molecular weight is 202 g/mol. The van der Waals surface area contributed by atoms with E-state index in [0.717, 1.165) is 0 Å². The quantitative estimate of drug-likeness (QED) is 0.392. The van der Waals surface area contributed by atoms with E-state index in [-0.39, 0.29) is 11.1 Å². The SMILES string of the molecule is CC(Cl)=NOCC=C(Cl)Cl. The zero-order valence-corrected chi connectivity index (χ0v) is 7.54. The third-order valence-corrected chi connectivity index (χ3v) is 0.880. The predicted octanol–water partition coefficient (Wildman–Crippen LogP) is 2.89. The van der Waals surface area contributed by atoms with E-state index in [1.54, 1.807) is 6.92 Å². The normalized spacial score (nSPS) is 11.0. The highest BCUT2D eigenvalue weighted by Gasteiger charge is 1.83. The number of nitrogens with zero attached hydrogens (tertiary/aromatic N) is 1. The molecule has 10 heavy (non-hydrogen) atoms. The molecular weight excluding hydrogens is 196 g/mol. The van der Waals surface area contributed by atoms with Gasteiger partial charge in [-0.15, -0.1) is 0 Å². The molecule has 0 bridgehead atoms.